The first kappa shape index (κ1) is 16.4. The van der Waals surface area contributed by atoms with Gasteiger partial charge in [-0.1, -0.05) is 23.8 Å². The van der Waals surface area contributed by atoms with Crippen LogP contribution in [0.3, 0.4) is 0 Å². The summed E-state index contributed by atoms with van der Waals surface area (Å²) in [6, 6.07) is 1.00. The van der Waals surface area contributed by atoms with Crippen LogP contribution >= 0.6 is 0 Å². The third-order valence-corrected chi connectivity index (χ3v) is 2.62. The third kappa shape index (κ3) is 9.13. The van der Waals surface area contributed by atoms with Gasteiger partial charge >= 0.3 is 0 Å². The molecule has 0 radical (unpaired) electrons. The van der Waals surface area contributed by atoms with E-state index in [1.54, 1.807) is 0 Å². The van der Waals surface area contributed by atoms with Crippen molar-refractivity contribution in [3.05, 3.63) is 23.8 Å². The molecule has 2 heteroatoms. The second-order valence-corrected chi connectivity index (χ2v) is 5.40. The van der Waals surface area contributed by atoms with Gasteiger partial charge in [0, 0.05) is 12.1 Å². The van der Waals surface area contributed by atoms with Crippen LogP contribution in [0.2, 0.25) is 0 Å². The lowest BCUT2D eigenvalue weighted by Crippen LogP contribution is -2.47. The van der Waals surface area contributed by atoms with Gasteiger partial charge in [0.05, 0.1) is 6.17 Å². The van der Waals surface area contributed by atoms with Gasteiger partial charge in [-0.3, -0.25) is 10.6 Å². The largest absolute Gasteiger partial charge is 0.300 e. The van der Waals surface area contributed by atoms with Gasteiger partial charge in [-0.15, -0.1) is 0 Å². The average molecular weight is 238 g/mol. The number of hydrogen-bond donors (Lipinski definition) is 2. The number of hydrogen-bond acceptors (Lipinski definition) is 2. The zero-order chi connectivity index (χ0) is 13.4. The van der Waals surface area contributed by atoms with Crippen LogP contribution in [0.15, 0.2) is 23.8 Å². The molecule has 0 saturated carbocycles. The van der Waals surface area contributed by atoms with E-state index in [0.29, 0.717) is 18.2 Å². The topological polar surface area (TPSA) is 24.1 Å². The lowest BCUT2D eigenvalue weighted by atomic mass is 10.0. The summed E-state index contributed by atoms with van der Waals surface area (Å²) in [5.74, 6) is 0. The maximum Gasteiger partial charge on any atom is 0.0546 e. The minimum Gasteiger partial charge on any atom is -0.300 e. The molecule has 0 bridgehead atoms. The van der Waals surface area contributed by atoms with E-state index in [1.165, 1.54) is 11.1 Å². The third-order valence-electron chi connectivity index (χ3n) is 2.62. The summed E-state index contributed by atoms with van der Waals surface area (Å²) in [6.45, 7) is 16.9. The number of rotatable bonds is 8. The van der Waals surface area contributed by atoms with Crippen molar-refractivity contribution in [3.63, 3.8) is 0 Å². The van der Waals surface area contributed by atoms with E-state index in [2.05, 4.69) is 64.8 Å². The fourth-order valence-electron chi connectivity index (χ4n) is 2.11. The molecule has 0 aliphatic carbocycles. The van der Waals surface area contributed by atoms with Crippen LogP contribution in [0.5, 0.6) is 0 Å². The predicted octanol–water partition coefficient (Wildman–Crippen LogP) is 3.61. The van der Waals surface area contributed by atoms with Gasteiger partial charge in [-0.25, -0.2) is 0 Å². The van der Waals surface area contributed by atoms with Crippen molar-refractivity contribution in [2.45, 2.75) is 72.6 Å². The van der Waals surface area contributed by atoms with Crippen LogP contribution < -0.4 is 10.6 Å². The summed E-state index contributed by atoms with van der Waals surface area (Å²) in [7, 11) is 0. The maximum atomic E-state index is 3.98. The SMILES string of the molecule is C=C(C)C/C(=C/C)CC(C)NC(C)NC(C)C. The summed E-state index contributed by atoms with van der Waals surface area (Å²) in [4.78, 5) is 0. The van der Waals surface area contributed by atoms with Crippen LogP contribution in [-0.4, -0.2) is 18.2 Å². The van der Waals surface area contributed by atoms with Gasteiger partial charge in [0.15, 0.2) is 0 Å². The highest BCUT2D eigenvalue weighted by molar-refractivity contribution is 5.11. The van der Waals surface area contributed by atoms with Crippen LogP contribution in [0.25, 0.3) is 0 Å². The van der Waals surface area contributed by atoms with Gasteiger partial charge in [0.2, 0.25) is 0 Å². The molecule has 0 aromatic heterocycles. The molecule has 0 rings (SSSR count). The molecule has 2 nitrogen and oxygen atoms in total. The van der Waals surface area contributed by atoms with Crippen LogP contribution in [0, 0.1) is 0 Å². The molecule has 0 aromatic rings. The van der Waals surface area contributed by atoms with E-state index in [1.807, 2.05) is 0 Å². The zero-order valence-corrected chi connectivity index (χ0v) is 12.4. The van der Waals surface area contributed by atoms with E-state index >= 15 is 0 Å². The second-order valence-electron chi connectivity index (χ2n) is 5.40. The summed E-state index contributed by atoms with van der Waals surface area (Å²) < 4.78 is 0. The van der Waals surface area contributed by atoms with Crippen LogP contribution in [0.1, 0.15) is 54.4 Å². The predicted molar refractivity (Wildman–Crippen MR) is 78.1 cm³/mol. The highest BCUT2D eigenvalue weighted by atomic mass is 15.1. The molecular formula is C15H30N2. The first-order chi connectivity index (χ1) is 7.85. The Bertz CT molecular complexity index is 254. The van der Waals surface area contributed by atoms with Crippen LogP contribution in [0.4, 0.5) is 0 Å². The van der Waals surface area contributed by atoms with Crippen molar-refractivity contribution >= 4 is 0 Å². The van der Waals surface area contributed by atoms with E-state index in [-0.39, 0.29) is 0 Å². The number of nitrogens with one attached hydrogen (secondary N) is 2. The Morgan fingerprint density at radius 1 is 1.18 bits per heavy atom. The maximum absolute atomic E-state index is 3.98. The molecule has 2 atom stereocenters. The van der Waals surface area contributed by atoms with Gasteiger partial charge < -0.3 is 0 Å². The number of allylic oxidation sites excluding steroid dienone is 2. The Hall–Kier alpha value is -0.600. The molecule has 0 fully saturated rings. The van der Waals surface area contributed by atoms with Gasteiger partial charge in [0.25, 0.3) is 0 Å². The molecule has 0 saturated heterocycles. The molecule has 0 aromatic carbocycles. The first-order valence-corrected chi connectivity index (χ1v) is 6.65. The fourth-order valence-corrected chi connectivity index (χ4v) is 2.11. The van der Waals surface area contributed by atoms with Crippen molar-refractivity contribution in [2.75, 3.05) is 0 Å². The smallest absolute Gasteiger partial charge is 0.0546 e. The summed E-state index contributed by atoms with van der Waals surface area (Å²) in [6.07, 6.45) is 4.68. The zero-order valence-electron chi connectivity index (χ0n) is 12.4. The van der Waals surface area contributed by atoms with E-state index < -0.39 is 0 Å². The molecular weight excluding hydrogens is 208 g/mol. The van der Waals surface area contributed by atoms with Gasteiger partial charge in [-0.05, 0) is 54.4 Å². The van der Waals surface area contributed by atoms with E-state index in [4.69, 9.17) is 0 Å². The molecule has 2 N–H and O–H groups in total. The molecule has 0 aliphatic rings. The average Bonchev–Trinajstić information content (AvgIpc) is 2.13. The molecule has 17 heavy (non-hydrogen) atoms. The van der Waals surface area contributed by atoms with Crippen molar-refractivity contribution in [3.8, 4) is 0 Å². The quantitative estimate of drug-likeness (QED) is 0.498. The summed E-state index contributed by atoms with van der Waals surface area (Å²) >= 11 is 0. The Labute approximate surface area is 108 Å². The second kappa shape index (κ2) is 8.48. The molecule has 0 amide bonds. The lowest BCUT2D eigenvalue weighted by molar-refractivity contribution is 0.376. The lowest BCUT2D eigenvalue weighted by Gasteiger charge is -2.24. The Morgan fingerprint density at radius 3 is 2.18 bits per heavy atom. The monoisotopic (exact) mass is 238 g/mol. The summed E-state index contributed by atoms with van der Waals surface area (Å²) in [5, 5.41) is 7.03. The Balaban J connectivity index is 4.06. The van der Waals surface area contributed by atoms with Crippen molar-refractivity contribution < 1.29 is 0 Å². The minimum atomic E-state index is 0.355. The Kier molecular flexibility index (Phi) is 8.19. The molecule has 0 spiro atoms. The Morgan fingerprint density at radius 2 is 1.76 bits per heavy atom. The first-order valence-electron chi connectivity index (χ1n) is 6.65. The molecule has 0 aliphatic heterocycles. The standard InChI is InChI=1S/C15H30N2/c1-8-15(9-11(2)3)10-13(6)17-14(7)16-12(4)5/h8,12-14,16-17H,2,9-10H2,1,3-7H3/b15-8-. The van der Waals surface area contributed by atoms with Crippen LogP contribution in [-0.2, 0) is 0 Å². The molecule has 0 heterocycles. The minimum absolute atomic E-state index is 0.355. The van der Waals surface area contributed by atoms with E-state index in [0.717, 1.165) is 12.8 Å². The van der Waals surface area contributed by atoms with Crippen molar-refractivity contribution in [1.29, 1.82) is 0 Å². The fraction of sp³-hybridized carbons (Fsp3) is 0.733. The molecule has 100 valence electrons. The normalized spacial score (nSPS) is 16.1. The summed E-state index contributed by atoms with van der Waals surface area (Å²) in [5.41, 5.74) is 2.70. The molecule has 2 unspecified atom stereocenters. The van der Waals surface area contributed by atoms with Crippen molar-refractivity contribution in [1.82, 2.24) is 10.6 Å². The van der Waals surface area contributed by atoms with Gasteiger partial charge in [0.1, 0.15) is 0 Å². The van der Waals surface area contributed by atoms with E-state index in [9.17, 15) is 0 Å². The van der Waals surface area contributed by atoms with Gasteiger partial charge in [-0.2, -0.15) is 0 Å². The highest BCUT2D eigenvalue weighted by Crippen LogP contribution is 2.14. The highest BCUT2D eigenvalue weighted by Gasteiger charge is 2.09. The van der Waals surface area contributed by atoms with Crippen molar-refractivity contribution in [2.24, 2.45) is 0 Å².